The average Bonchev–Trinajstić information content (AvgIpc) is 3.29. The van der Waals surface area contributed by atoms with E-state index >= 15 is 0 Å². The molecule has 1 atom stereocenters. The highest BCUT2D eigenvalue weighted by Crippen LogP contribution is 2.24. The maximum atomic E-state index is 12.8. The van der Waals surface area contributed by atoms with Gasteiger partial charge in [-0.05, 0) is 42.8 Å². The summed E-state index contributed by atoms with van der Waals surface area (Å²) in [5.74, 6) is -0.715. The predicted octanol–water partition coefficient (Wildman–Crippen LogP) is 2.20. The molecule has 2 amide bonds. The Balaban J connectivity index is 1.52. The summed E-state index contributed by atoms with van der Waals surface area (Å²) < 4.78 is 6.64. The molecule has 3 heterocycles. The Labute approximate surface area is 170 Å². The van der Waals surface area contributed by atoms with Gasteiger partial charge in [0.05, 0.1) is 12.7 Å². The van der Waals surface area contributed by atoms with E-state index in [0.29, 0.717) is 29.9 Å². The Morgan fingerprint density at radius 3 is 2.69 bits per heavy atom. The van der Waals surface area contributed by atoms with Crippen molar-refractivity contribution in [3.63, 3.8) is 0 Å². The van der Waals surface area contributed by atoms with Crippen molar-refractivity contribution in [2.24, 2.45) is 5.73 Å². The Bertz CT molecular complexity index is 1110. The molecule has 4 rings (SSSR count). The van der Waals surface area contributed by atoms with Gasteiger partial charge in [0, 0.05) is 17.7 Å². The molecule has 3 aromatic rings. The number of cyclic esters (lactones) is 1. The van der Waals surface area contributed by atoms with Crippen LogP contribution in [0.25, 0.3) is 5.65 Å². The number of ether oxygens (including phenoxy) is 1. The zero-order valence-corrected chi connectivity index (χ0v) is 15.9. The van der Waals surface area contributed by atoms with Gasteiger partial charge in [0.2, 0.25) is 11.7 Å². The Morgan fingerprint density at radius 1 is 1.21 bits per heavy atom. The van der Waals surface area contributed by atoms with Gasteiger partial charge in [-0.25, -0.2) is 14.3 Å². The van der Waals surface area contributed by atoms with Crippen LogP contribution >= 0.6 is 11.6 Å². The number of nitrogens with zero attached hydrogens (tertiary/aromatic N) is 4. The molecule has 1 aromatic carbocycles. The molecule has 2 N–H and O–H groups in total. The van der Waals surface area contributed by atoms with Crippen LogP contribution in [0.15, 0.2) is 42.6 Å². The number of amides is 2. The molecule has 2 aromatic heterocycles. The van der Waals surface area contributed by atoms with Gasteiger partial charge in [0.15, 0.2) is 5.65 Å². The second-order valence-electron chi connectivity index (χ2n) is 6.57. The van der Waals surface area contributed by atoms with E-state index in [1.54, 1.807) is 36.4 Å². The molecule has 0 saturated carbocycles. The fraction of sp³-hybridized carbons (Fsp3) is 0.211. The summed E-state index contributed by atoms with van der Waals surface area (Å²) in [6.07, 6.45) is 1.06. The quantitative estimate of drug-likeness (QED) is 0.618. The fourth-order valence-corrected chi connectivity index (χ4v) is 3.27. The summed E-state index contributed by atoms with van der Waals surface area (Å²) in [6, 6.07) is 9.82. The number of primary amides is 1. The lowest BCUT2D eigenvalue weighted by atomic mass is 10.1. The molecule has 0 bridgehead atoms. The summed E-state index contributed by atoms with van der Waals surface area (Å²) in [5, 5.41) is 4.36. The maximum Gasteiger partial charge on any atom is 0.414 e. The number of carbonyl (C=O) groups is 3. The van der Waals surface area contributed by atoms with Gasteiger partial charge in [-0.2, -0.15) is 5.10 Å². The number of hydrogen-bond donors (Lipinski definition) is 1. The summed E-state index contributed by atoms with van der Waals surface area (Å²) in [5.41, 5.74) is 6.93. The molecule has 9 nitrogen and oxygen atoms in total. The third-order valence-corrected chi connectivity index (χ3v) is 4.79. The third kappa shape index (κ3) is 3.77. The molecular formula is C19H16ClN5O4. The van der Waals surface area contributed by atoms with Gasteiger partial charge in [0.1, 0.15) is 17.0 Å². The fourth-order valence-electron chi connectivity index (χ4n) is 3.13. The second kappa shape index (κ2) is 7.51. The molecule has 148 valence electrons. The number of aromatic nitrogens is 3. The first-order valence-corrected chi connectivity index (χ1v) is 9.21. The normalized spacial score (nSPS) is 16.2. The summed E-state index contributed by atoms with van der Waals surface area (Å²) in [6.45, 7) is 0.315. The predicted molar refractivity (Wildman–Crippen MR) is 104 cm³/mol. The molecule has 1 saturated heterocycles. The highest BCUT2D eigenvalue weighted by Gasteiger charge is 2.32. The van der Waals surface area contributed by atoms with E-state index in [0.717, 1.165) is 0 Å². The van der Waals surface area contributed by atoms with Crippen LogP contribution < -0.4 is 10.6 Å². The van der Waals surface area contributed by atoms with Crippen LogP contribution in [0.2, 0.25) is 5.15 Å². The zero-order chi connectivity index (χ0) is 20.5. The average molecular weight is 414 g/mol. The van der Waals surface area contributed by atoms with Gasteiger partial charge in [0.25, 0.3) is 0 Å². The molecule has 29 heavy (non-hydrogen) atoms. The topological polar surface area (TPSA) is 120 Å². The number of fused-ring (bicyclic) bond motifs is 1. The second-order valence-corrected chi connectivity index (χ2v) is 6.95. The van der Waals surface area contributed by atoms with Crippen LogP contribution in [-0.4, -0.2) is 45.0 Å². The van der Waals surface area contributed by atoms with Crippen LogP contribution in [0, 0.1) is 0 Å². The Kier molecular flexibility index (Phi) is 4.89. The number of benzene rings is 1. The first-order chi connectivity index (χ1) is 13.9. The number of rotatable bonds is 6. The minimum Gasteiger partial charge on any atom is -0.444 e. The SMILES string of the molecule is NC(=O)CC[C@H]1CN(c2ccc(C(=O)c3cnc4ccc(Cl)nn34)cc2)C(=O)O1. The molecule has 0 aliphatic carbocycles. The van der Waals surface area contributed by atoms with E-state index in [4.69, 9.17) is 22.1 Å². The minimum atomic E-state index is -0.501. The van der Waals surface area contributed by atoms with Crippen LogP contribution in [0.4, 0.5) is 10.5 Å². The van der Waals surface area contributed by atoms with E-state index in [2.05, 4.69) is 10.1 Å². The maximum absolute atomic E-state index is 12.8. The number of anilines is 1. The Morgan fingerprint density at radius 2 is 1.97 bits per heavy atom. The molecule has 1 fully saturated rings. The standard InChI is InChI=1S/C19H16ClN5O4/c20-15-6-8-17-22-9-14(25(17)23-15)18(27)11-1-3-12(4-2-11)24-10-13(29-19(24)28)5-7-16(21)26/h1-4,6,8-9,13H,5,7,10H2,(H2,21,26)/t13-/m0/s1. The van der Waals surface area contributed by atoms with Crippen molar-refractivity contribution >= 4 is 40.7 Å². The van der Waals surface area contributed by atoms with Crippen LogP contribution in [-0.2, 0) is 9.53 Å². The number of ketones is 1. The van der Waals surface area contributed by atoms with Gasteiger partial charge in [-0.15, -0.1) is 0 Å². The first kappa shape index (κ1) is 18.9. The van der Waals surface area contributed by atoms with Crippen LogP contribution in [0.5, 0.6) is 0 Å². The summed E-state index contributed by atoms with van der Waals surface area (Å²) >= 11 is 5.91. The lowest BCUT2D eigenvalue weighted by molar-refractivity contribution is -0.118. The molecule has 0 radical (unpaired) electrons. The van der Waals surface area contributed by atoms with E-state index < -0.39 is 18.1 Å². The van der Waals surface area contributed by atoms with Crippen LogP contribution in [0.1, 0.15) is 28.9 Å². The molecule has 1 aliphatic heterocycles. The first-order valence-electron chi connectivity index (χ1n) is 8.84. The smallest absolute Gasteiger partial charge is 0.414 e. The summed E-state index contributed by atoms with van der Waals surface area (Å²) in [7, 11) is 0. The van der Waals surface area contributed by atoms with Crippen molar-refractivity contribution < 1.29 is 19.1 Å². The highest BCUT2D eigenvalue weighted by molar-refractivity contribution is 6.29. The van der Waals surface area contributed by atoms with Crippen molar-refractivity contribution in [1.82, 2.24) is 14.6 Å². The van der Waals surface area contributed by atoms with E-state index in [9.17, 15) is 14.4 Å². The monoisotopic (exact) mass is 413 g/mol. The largest absolute Gasteiger partial charge is 0.444 e. The number of halogens is 1. The van der Waals surface area contributed by atoms with Crippen molar-refractivity contribution in [2.45, 2.75) is 18.9 Å². The Hall–Kier alpha value is -3.46. The van der Waals surface area contributed by atoms with E-state index in [1.165, 1.54) is 15.6 Å². The molecule has 10 heteroatoms. The minimum absolute atomic E-state index is 0.149. The van der Waals surface area contributed by atoms with Gasteiger partial charge < -0.3 is 10.5 Å². The van der Waals surface area contributed by atoms with E-state index in [-0.39, 0.29) is 23.1 Å². The van der Waals surface area contributed by atoms with Gasteiger partial charge >= 0.3 is 6.09 Å². The number of hydrogen-bond acceptors (Lipinski definition) is 6. The van der Waals surface area contributed by atoms with Crippen molar-refractivity contribution in [3.05, 3.63) is 59.0 Å². The zero-order valence-electron chi connectivity index (χ0n) is 15.1. The number of carbonyl (C=O) groups excluding carboxylic acids is 3. The van der Waals surface area contributed by atoms with Crippen LogP contribution in [0.3, 0.4) is 0 Å². The lowest BCUT2D eigenvalue weighted by Crippen LogP contribution is -2.25. The van der Waals surface area contributed by atoms with E-state index in [1.807, 2.05) is 0 Å². The highest BCUT2D eigenvalue weighted by atomic mass is 35.5. The van der Waals surface area contributed by atoms with Gasteiger partial charge in [-0.1, -0.05) is 11.6 Å². The summed E-state index contributed by atoms with van der Waals surface area (Å²) in [4.78, 5) is 41.5. The third-order valence-electron chi connectivity index (χ3n) is 4.59. The molecule has 1 aliphatic rings. The number of imidazole rings is 1. The number of nitrogens with two attached hydrogens (primary N) is 1. The van der Waals surface area contributed by atoms with Crippen molar-refractivity contribution in [3.8, 4) is 0 Å². The molecule has 0 spiro atoms. The van der Waals surface area contributed by atoms with Crippen molar-refractivity contribution in [2.75, 3.05) is 11.4 Å². The van der Waals surface area contributed by atoms with Gasteiger partial charge in [-0.3, -0.25) is 14.5 Å². The van der Waals surface area contributed by atoms with Crippen molar-refractivity contribution in [1.29, 1.82) is 0 Å². The lowest BCUT2D eigenvalue weighted by Gasteiger charge is -2.13. The molecular weight excluding hydrogens is 398 g/mol. The molecule has 0 unspecified atom stereocenters.